The Hall–Kier alpha value is -3.00. The van der Waals surface area contributed by atoms with Gasteiger partial charge in [-0.2, -0.15) is 5.26 Å². The van der Waals surface area contributed by atoms with Gasteiger partial charge in [0.25, 0.3) is 5.91 Å². The Kier molecular flexibility index (Phi) is 4.42. The van der Waals surface area contributed by atoms with E-state index >= 15 is 0 Å². The Bertz CT molecular complexity index is 705. The third-order valence-corrected chi connectivity index (χ3v) is 2.80. The van der Waals surface area contributed by atoms with E-state index in [1.165, 1.54) is 0 Å². The van der Waals surface area contributed by atoms with Gasteiger partial charge < -0.3 is 15.8 Å². The fraction of sp³-hybridized carbons (Fsp3) is 0.125. The van der Waals surface area contributed by atoms with E-state index in [-0.39, 0.29) is 5.91 Å². The van der Waals surface area contributed by atoms with E-state index in [2.05, 4.69) is 5.32 Å². The SMILES string of the molecule is CCNC(=O)c1ccc(N)c(Oc2cccc(C#N)c2)c1. The van der Waals surface area contributed by atoms with Crippen molar-refractivity contribution in [1.82, 2.24) is 5.32 Å². The van der Waals surface area contributed by atoms with Crippen molar-refractivity contribution in [2.45, 2.75) is 6.92 Å². The van der Waals surface area contributed by atoms with Crippen molar-refractivity contribution in [2.75, 3.05) is 12.3 Å². The Labute approximate surface area is 123 Å². The van der Waals surface area contributed by atoms with Crippen molar-refractivity contribution in [3.63, 3.8) is 0 Å². The van der Waals surface area contributed by atoms with Gasteiger partial charge in [-0.25, -0.2) is 0 Å². The molecule has 0 atom stereocenters. The summed E-state index contributed by atoms with van der Waals surface area (Å²) in [5, 5.41) is 11.6. The van der Waals surface area contributed by atoms with Crippen molar-refractivity contribution < 1.29 is 9.53 Å². The molecular weight excluding hydrogens is 266 g/mol. The molecule has 2 aromatic rings. The highest BCUT2D eigenvalue weighted by atomic mass is 16.5. The quantitative estimate of drug-likeness (QED) is 0.843. The van der Waals surface area contributed by atoms with Crippen LogP contribution in [0.5, 0.6) is 11.5 Å². The third-order valence-electron chi connectivity index (χ3n) is 2.80. The molecule has 3 N–H and O–H groups in total. The van der Waals surface area contributed by atoms with Crippen molar-refractivity contribution in [2.24, 2.45) is 0 Å². The Balaban J connectivity index is 2.28. The second-order valence-corrected chi connectivity index (χ2v) is 4.35. The summed E-state index contributed by atoms with van der Waals surface area (Å²) in [5.74, 6) is 0.691. The smallest absolute Gasteiger partial charge is 0.251 e. The Morgan fingerprint density at radius 3 is 2.86 bits per heavy atom. The molecular formula is C16H15N3O2. The van der Waals surface area contributed by atoms with Crippen LogP contribution in [0.4, 0.5) is 5.69 Å². The number of rotatable bonds is 4. The summed E-state index contributed by atoms with van der Waals surface area (Å²) in [4.78, 5) is 11.8. The standard InChI is InChI=1S/C16H15N3O2/c1-2-19-16(20)12-6-7-14(18)15(9-12)21-13-5-3-4-11(8-13)10-17/h3-9H,2,18H2,1H3,(H,19,20). The molecule has 0 spiro atoms. The number of carbonyl (C=O) groups excluding carboxylic acids is 1. The number of anilines is 1. The number of benzene rings is 2. The minimum absolute atomic E-state index is 0.187. The van der Waals surface area contributed by atoms with Crippen LogP contribution in [0.3, 0.4) is 0 Å². The van der Waals surface area contributed by atoms with Gasteiger partial charge in [0.1, 0.15) is 5.75 Å². The minimum Gasteiger partial charge on any atom is -0.455 e. The van der Waals surface area contributed by atoms with Gasteiger partial charge in [0, 0.05) is 12.1 Å². The van der Waals surface area contributed by atoms with Crippen LogP contribution in [-0.4, -0.2) is 12.5 Å². The highest BCUT2D eigenvalue weighted by molar-refractivity contribution is 5.95. The topological polar surface area (TPSA) is 88.1 Å². The van der Waals surface area contributed by atoms with Crippen molar-refractivity contribution in [3.8, 4) is 17.6 Å². The highest BCUT2D eigenvalue weighted by Gasteiger charge is 2.09. The zero-order valence-corrected chi connectivity index (χ0v) is 11.6. The summed E-state index contributed by atoms with van der Waals surface area (Å²) < 4.78 is 5.66. The van der Waals surface area contributed by atoms with E-state index in [1.54, 1.807) is 42.5 Å². The van der Waals surface area contributed by atoms with Crippen molar-refractivity contribution in [3.05, 3.63) is 53.6 Å². The molecule has 5 nitrogen and oxygen atoms in total. The number of nitrogen functional groups attached to an aromatic ring is 1. The van der Waals surface area contributed by atoms with E-state index in [9.17, 15) is 4.79 Å². The first-order valence-corrected chi connectivity index (χ1v) is 6.49. The van der Waals surface area contributed by atoms with Gasteiger partial charge in [-0.1, -0.05) is 6.07 Å². The lowest BCUT2D eigenvalue weighted by Gasteiger charge is -2.10. The minimum atomic E-state index is -0.187. The van der Waals surface area contributed by atoms with Crippen LogP contribution >= 0.6 is 0 Å². The first-order valence-electron chi connectivity index (χ1n) is 6.49. The molecule has 0 fully saturated rings. The Morgan fingerprint density at radius 2 is 2.14 bits per heavy atom. The number of hydrogen-bond donors (Lipinski definition) is 2. The summed E-state index contributed by atoms with van der Waals surface area (Å²) in [7, 11) is 0. The number of hydrogen-bond acceptors (Lipinski definition) is 4. The molecule has 106 valence electrons. The van der Waals surface area contributed by atoms with E-state index < -0.39 is 0 Å². The first-order chi connectivity index (χ1) is 10.1. The molecule has 21 heavy (non-hydrogen) atoms. The molecule has 2 rings (SSSR count). The molecule has 5 heteroatoms. The van der Waals surface area contributed by atoms with Crippen LogP contribution < -0.4 is 15.8 Å². The van der Waals surface area contributed by atoms with Gasteiger partial charge in [0.15, 0.2) is 5.75 Å². The van der Waals surface area contributed by atoms with Crippen LogP contribution in [0, 0.1) is 11.3 Å². The highest BCUT2D eigenvalue weighted by Crippen LogP contribution is 2.28. The second kappa shape index (κ2) is 6.44. The molecule has 0 saturated heterocycles. The number of nitrogens with zero attached hydrogens (tertiary/aromatic N) is 1. The first kappa shape index (κ1) is 14.4. The number of carbonyl (C=O) groups is 1. The lowest BCUT2D eigenvalue weighted by molar-refractivity contribution is 0.0955. The molecule has 0 bridgehead atoms. The average molecular weight is 281 g/mol. The maximum atomic E-state index is 11.8. The van der Waals surface area contributed by atoms with Crippen molar-refractivity contribution >= 4 is 11.6 Å². The predicted molar refractivity (Wildman–Crippen MR) is 80.1 cm³/mol. The monoisotopic (exact) mass is 281 g/mol. The molecule has 0 radical (unpaired) electrons. The summed E-state index contributed by atoms with van der Waals surface area (Å²) in [5.41, 5.74) is 7.24. The van der Waals surface area contributed by atoms with Gasteiger partial charge in [-0.05, 0) is 43.3 Å². The average Bonchev–Trinajstić information content (AvgIpc) is 2.50. The summed E-state index contributed by atoms with van der Waals surface area (Å²) in [6.45, 7) is 2.39. The fourth-order valence-corrected chi connectivity index (χ4v) is 1.78. The molecule has 0 aliphatic carbocycles. The number of amides is 1. The maximum absolute atomic E-state index is 11.8. The van der Waals surface area contributed by atoms with Gasteiger partial charge in [-0.15, -0.1) is 0 Å². The number of nitrogens with one attached hydrogen (secondary N) is 1. The van der Waals surface area contributed by atoms with Gasteiger partial charge in [0.2, 0.25) is 0 Å². The number of ether oxygens (including phenoxy) is 1. The molecule has 2 aromatic carbocycles. The van der Waals surface area contributed by atoms with Crippen LogP contribution in [0.25, 0.3) is 0 Å². The van der Waals surface area contributed by atoms with Gasteiger partial charge >= 0.3 is 0 Å². The normalized spacial score (nSPS) is 9.71. The van der Waals surface area contributed by atoms with E-state index in [4.69, 9.17) is 15.7 Å². The molecule has 0 unspecified atom stereocenters. The molecule has 0 aromatic heterocycles. The number of nitriles is 1. The summed E-state index contributed by atoms with van der Waals surface area (Å²) in [6, 6.07) is 13.6. The molecule has 0 aliphatic heterocycles. The van der Waals surface area contributed by atoms with E-state index in [0.717, 1.165) is 0 Å². The zero-order chi connectivity index (χ0) is 15.2. The second-order valence-electron chi connectivity index (χ2n) is 4.35. The summed E-state index contributed by atoms with van der Waals surface area (Å²) in [6.07, 6.45) is 0. The van der Waals surface area contributed by atoms with E-state index in [0.29, 0.717) is 34.9 Å². The van der Waals surface area contributed by atoms with Crippen LogP contribution in [0.15, 0.2) is 42.5 Å². The number of nitrogens with two attached hydrogens (primary N) is 1. The van der Waals surface area contributed by atoms with Crippen molar-refractivity contribution in [1.29, 1.82) is 5.26 Å². The Morgan fingerprint density at radius 1 is 1.33 bits per heavy atom. The maximum Gasteiger partial charge on any atom is 0.251 e. The third kappa shape index (κ3) is 3.51. The zero-order valence-electron chi connectivity index (χ0n) is 11.6. The van der Waals surface area contributed by atoms with Gasteiger partial charge in [0.05, 0.1) is 17.3 Å². The lowest BCUT2D eigenvalue weighted by Crippen LogP contribution is -2.22. The lowest BCUT2D eigenvalue weighted by atomic mass is 10.1. The van der Waals surface area contributed by atoms with Crippen LogP contribution in [0.1, 0.15) is 22.8 Å². The molecule has 0 saturated carbocycles. The van der Waals surface area contributed by atoms with Crippen LogP contribution in [-0.2, 0) is 0 Å². The molecule has 1 amide bonds. The van der Waals surface area contributed by atoms with Crippen LogP contribution in [0.2, 0.25) is 0 Å². The predicted octanol–water partition coefficient (Wildman–Crippen LogP) is 2.68. The molecule has 0 aliphatic rings. The van der Waals surface area contributed by atoms with E-state index in [1.807, 2.05) is 13.0 Å². The summed E-state index contributed by atoms with van der Waals surface area (Å²) >= 11 is 0. The molecule has 0 heterocycles. The van der Waals surface area contributed by atoms with Gasteiger partial charge in [-0.3, -0.25) is 4.79 Å². The fourth-order valence-electron chi connectivity index (χ4n) is 1.78. The largest absolute Gasteiger partial charge is 0.455 e.